The van der Waals surface area contributed by atoms with Crippen molar-refractivity contribution < 1.29 is 14.3 Å². The van der Waals surface area contributed by atoms with Gasteiger partial charge in [-0.2, -0.15) is 0 Å². The molecule has 0 aromatic heterocycles. The van der Waals surface area contributed by atoms with Gasteiger partial charge in [-0.05, 0) is 18.1 Å². The Morgan fingerprint density at radius 1 is 1.50 bits per heavy atom. The second-order valence-electron chi connectivity index (χ2n) is 3.45. The van der Waals surface area contributed by atoms with Crippen LogP contribution in [-0.2, 0) is 4.79 Å². The van der Waals surface area contributed by atoms with E-state index in [0.29, 0.717) is 12.2 Å². The smallest absolute Gasteiger partial charge is 0.311 e. The van der Waals surface area contributed by atoms with E-state index in [-0.39, 0.29) is 11.9 Å². The minimum Gasteiger partial charge on any atom is -0.496 e. The van der Waals surface area contributed by atoms with E-state index in [1.807, 2.05) is 19.1 Å². The van der Waals surface area contributed by atoms with Crippen LogP contribution in [0.15, 0.2) is 18.2 Å². The van der Waals surface area contributed by atoms with E-state index in [9.17, 15) is 4.79 Å². The highest BCUT2D eigenvalue weighted by molar-refractivity contribution is 5.77. The van der Waals surface area contributed by atoms with Crippen LogP contribution < -0.4 is 9.47 Å². The van der Waals surface area contributed by atoms with Gasteiger partial charge in [0.15, 0.2) is 0 Å². The second-order valence-corrected chi connectivity index (χ2v) is 3.45. The van der Waals surface area contributed by atoms with Crippen LogP contribution in [0.3, 0.4) is 0 Å². The first-order valence-corrected chi connectivity index (χ1v) is 4.60. The topological polar surface area (TPSA) is 35.5 Å². The van der Waals surface area contributed by atoms with Crippen LogP contribution in [0.2, 0.25) is 0 Å². The van der Waals surface area contributed by atoms with E-state index < -0.39 is 0 Å². The highest BCUT2D eigenvalue weighted by Crippen LogP contribution is 2.39. The fourth-order valence-corrected chi connectivity index (χ4v) is 1.79. The van der Waals surface area contributed by atoms with Crippen LogP contribution in [-0.4, -0.2) is 13.1 Å². The van der Waals surface area contributed by atoms with Crippen LogP contribution in [0.4, 0.5) is 0 Å². The van der Waals surface area contributed by atoms with Crippen LogP contribution in [0.1, 0.15) is 24.8 Å². The lowest BCUT2D eigenvalue weighted by Crippen LogP contribution is -2.19. The number of hydrogen-bond acceptors (Lipinski definition) is 3. The molecule has 0 saturated carbocycles. The van der Waals surface area contributed by atoms with E-state index >= 15 is 0 Å². The standard InChI is InChI=1S/C11H12O3/c1-7-6-10(12)14-9-5-3-4-8(13-2)11(7)9/h3-5,7H,6H2,1-2H3. The summed E-state index contributed by atoms with van der Waals surface area (Å²) >= 11 is 0. The summed E-state index contributed by atoms with van der Waals surface area (Å²) in [6, 6.07) is 5.50. The summed E-state index contributed by atoms with van der Waals surface area (Å²) in [5, 5.41) is 0. The Bertz CT molecular complexity index is 371. The lowest BCUT2D eigenvalue weighted by Gasteiger charge is -2.23. The number of carbonyl (C=O) groups is 1. The van der Waals surface area contributed by atoms with Gasteiger partial charge in [0.2, 0.25) is 0 Å². The van der Waals surface area contributed by atoms with Gasteiger partial charge < -0.3 is 9.47 Å². The molecule has 3 nitrogen and oxygen atoms in total. The Hall–Kier alpha value is -1.51. The van der Waals surface area contributed by atoms with Crippen molar-refractivity contribution in [2.75, 3.05) is 7.11 Å². The summed E-state index contributed by atoms with van der Waals surface area (Å²) in [4.78, 5) is 11.2. The average Bonchev–Trinajstić information content (AvgIpc) is 2.16. The Morgan fingerprint density at radius 3 is 3.00 bits per heavy atom. The van der Waals surface area contributed by atoms with Gasteiger partial charge in [0.1, 0.15) is 11.5 Å². The van der Waals surface area contributed by atoms with Crippen LogP contribution in [0.25, 0.3) is 0 Å². The normalized spacial score (nSPS) is 19.9. The van der Waals surface area contributed by atoms with Crippen LogP contribution in [0, 0.1) is 0 Å². The Kier molecular flexibility index (Phi) is 2.15. The lowest BCUT2D eigenvalue weighted by molar-refractivity contribution is -0.135. The Labute approximate surface area is 82.6 Å². The fraction of sp³-hybridized carbons (Fsp3) is 0.364. The molecule has 1 aliphatic rings. The minimum atomic E-state index is -0.168. The third-order valence-electron chi connectivity index (χ3n) is 2.44. The van der Waals surface area contributed by atoms with Crippen molar-refractivity contribution in [3.63, 3.8) is 0 Å². The molecule has 3 heteroatoms. The molecule has 1 aromatic rings. The first kappa shape index (κ1) is 9.06. The third-order valence-corrected chi connectivity index (χ3v) is 2.44. The molecule has 1 atom stereocenters. The largest absolute Gasteiger partial charge is 0.496 e. The van der Waals surface area contributed by atoms with Crippen molar-refractivity contribution in [1.29, 1.82) is 0 Å². The first-order chi connectivity index (χ1) is 6.72. The molecule has 14 heavy (non-hydrogen) atoms. The molecule has 1 aromatic carbocycles. The van der Waals surface area contributed by atoms with Crippen molar-refractivity contribution in [2.45, 2.75) is 19.3 Å². The zero-order valence-electron chi connectivity index (χ0n) is 8.24. The molecule has 0 amide bonds. The monoisotopic (exact) mass is 192 g/mol. The molecule has 0 spiro atoms. The molecular weight excluding hydrogens is 180 g/mol. The number of carbonyl (C=O) groups excluding carboxylic acids is 1. The maximum Gasteiger partial charge on any atom is 0.311 e. The molecule has 0 saturated heterocycles. The molecule has 1 heterocycles. The number of methoxy groups -OCH3 is 1. The van der Waals surface area contributed by atoms with Gasteiger partial charge in [-0.1, -0.05) is 13.0 Å². The number of esters is 1. The molecular formula is C11H12O3. The maximum atomic E-state index is 11.2. The zero-order valence-corrected chi connectivity index (χ0v) is 8.24. The van der Waals surface area contributed by atoms with Crippen LogP contribution >= 0.6 is 0 Å². The number of fused-ring (bicyclic) bond motifs is 1. The highest BCUT2D eigenvalue weighted by atomic mass is 16.5. The molecule has 74 valence electrons. The number of hydrogen-bond donors (Lipinski definition) is 0. The summed E-state index contributed by atoms with van der Waals surface area (Å²) in [5.74, 6) is 1.43. The van der Waals surface area contributed by atoms with Gasteiger partial charge in [-0.15, -0.1) is 0 Å². The number of benzene rings is 1. The summed E-state index contributed by atoms with van der Waals surface area (Å²) < 4.78 is 10.4. The van der Waals surface area contributed by atoms with E-state index in [1.54, 1.807) is 13.2 Å². The molecule has 0 N–H and O–H groups in total. The van der Waals surface area contributed by atoms with Crippen molar-refractivity contribution >= 4 is 5.97 Å². The van der Waals surface area contributed by atoms with Crippen LogP contribution in [0.5, 0.6) is 11.5 Å². The highest BCUT2D eigenvalue weighted by Gasteiger charge is 2.26. The van der Waals surface area contributed by atoms with Gasteiger partial charge in [-0.25, -0.2) is 0 Å². The van der Waals surface area contributed by atoms with E-state index in [4.69, 9.17) is 9.47 Å². The molecule has 0 aliphatic carbocycles. The summed E-state index contributed by atoms with van der Waals surface area (Å²) in [5.41, 5.74) is 0.995. The molecule has 1 unspecified atom stereocenters. The molecule has 1 aliphatic heterocycles. The van der Waals surface area contributed by atoms with Crippen molar-refractivity contribution in [1.82, 2.24) is 0 Å². The van der Waals surface area contributed by atoms with E-state index in [2.05, 4.69) is 0 Å². The minimum absolute atomic E-state index is 0.168. The molecule has 0 radical (unpaired) electrons. The summed E-state index contributed by atoms with van der Waals surface area (Å²) in [6.07, 6.45) is 0.424. The lowest BCUT2D eigenvalue weighted by atomic mass is 9.94. The second kappa shape index (κ2) is 3.33. The van der Waals surface area contributed by atoms with E-state index in [0.717, 1.165) is 11.3 Å². The first-order valence-electron chi connectivity index (χ1n) is 4.60. The van der Waals surface area contributed by atoms with Gasteiger partial charge in [0, 0.05) is 5.56 Å². The molecule has 2 rings (SSSR count). The summed E-state index contributed by atoms with van der Waals surface area (Å²) in [7, 11) is 1.62. The van der Waals surface area contributed by atoms with Gasteiger partial charge in [-0.3, -0.25) is 4.79 Å². The van der Waals surface area contributed by atoms with Gasteiger partial charge >= 0.3 is 5.97 Å². The number of rotatable bonds is 1. The predicted molar refractivity (Wildman–Crippen MR) is 51.7 cm³/mol. The molecule has 0 bridgehead atoms. The van der Waals surface area contributed by atoms with Crippen molar-refractivity contribution in [3.8, 4) is 11.5 Å². The van der Waals surface area contributed by atoms with Crippen molar-refractivity contribution in [2.24, 2.45) is 0 Å². The third kappa shape index (κ3) is 1.35. The quantitative estimate of drug-likeness (QED) is 0.505. The number of ether oxygens (including phenoxy) is 2. The van der Waals surface area contributed by atoms with E-state index in [1.165, 1.54) is 0 Å². The summed E-state index contributed by atoms with van der Waals surface area (Å²) in [6.45, 7) is 2.00. The fourth-order valence-electron chi connectivity index (χ4n) is 1.79. The average molecular weight is 192 g/mol. The predicted octanol–water partition coefficient (Wildman–Crippen LogP) is 2.11. The maximum absolute atomic E-state index is 11.2. The van der Waals surface area contributed by atoms with Crippen molar-refractivity contribution in [3.05, 3.63) is 23.8 Å². The zero-order chi connectivity index (χ0) is 10.1. The SMILES string of the molecule is COc1cccc2c1C(C)CC(=O)O2. The molecule has 0 fully saturated rings. The van der Waals surface area contributed by atoms with Gasteiger partial charge in [0.25, 0.3) is 0 Å². The Balaban J connectivity index is 2.52. The Morgan fingerprint density at radius 2 is 2.29 bits per heavy atom. The van der Waals surface area contributed by atoms with Gasteiger partial charge in [0.05, 0.1) is 13.5 Å².